The lowest BCUT2D eigenvalue weighted by atomic mass is 9.82. The fraction of sp³-hybridized carbons (Fsp3) is 0.321. The second-order valence-electron chi connectivity index (χ2n) is 17.1. The lowest BCUT2D eigenvalue weighted by molar-refractivity contribution is 0.129. The van der Waals surface area contributed by atoms with Crippen LogP contribution in [0.4, 0.5) is 0 Å². The maximum atomic E-state index is 7.29. The van der Waals surface area contributed by atoms with Crippen LogP contribution in [-0.2, 0) is 31.1 Å². The number of para-hydroxylation sites is 5. The van der Waals surface area contributed by atoms with Crippen molar-refractivity contribution >= 4 is 17.2 Å². The zero-order valence-electron chi connectivity index (χ0n) is 38.2. The van der Waals surface area contributed by atoms with E-state index in [4.69, 9.17) is 31.9 Å². The third-order valence-corrected chi connectivity index (χ3v) is 12.4. The van der Waals surface area contributed by atoms with Crippen molar-refractivity contribution in [2.24, 2.45) is 0 Å². The van der Waals surface area contributed by atoms with Crippen molar-refractivity contribution < 1.29 is 31.9 Å². The van der Waals surface area contributed by atoms with Gasteiger partial charge in [0, 0.05) is 22.3 Å². The second-order valence-corrected chi connectivity index (χ2v) is 19.0. The Morgan fingerprint density at radius 3 is 1.13 bits per heavy atom. The van der Waals surface area contributed by atoms with Crippen molar-refractivity contribution in [2.75, 3.05) is 0 Å². The molecular weight excluding hydrogens is 811 g/mol. The van der Waals surface area contributed by atoms with E-state index in [1.165, 1.54) is 0 Å². The SMILES string of the molecule is CCc1ccccc1OP(Oc1ccccc1CC)Oc1ccccc1-c1c(C)c(OC(C)(C)C)cc(C(C)(C)C)c1OP(Oc1ccccc1CC)Oc1ccccc1CC. The minimum atomic E-state index is -2.08. The molecule has 7 nitrogen and oxygen atoms in total. The molecule has 6 rings (SSSR count). The van der Waals surface area contributed by atoms with Gasteiger partial charge >= 0.3 is 17.2 Å². The molecule has 0 aliphatic rings. The Labute approximate surface area is 372 Å². The summed E-state index contributed by atoms with van der Waals surface area (Å²) in [5.41, 5.74) is 6.67. The predicted octanol–water partition coefficient (Wildman–Crippen LogP) is 15.9. The molecule has 0 N–H and O–H groups in total. The van der Waals surface area contributed by atoms with Crippen molar-refractivity contribution in [1.29, 1.82) is 0 Å². The molecule has 0 aromatic heterocycles. The Bertz CT molecular complexity index is 2320. The van der Waals surface area contributed by atoms with Gasteiger partial charge < -0.3 is 31.9 Å². The van der Waals surface area contributed by atoms with E-state index in [1.54, 1.807) is 0 Å². The first-order valence-corrected chi connectivity index (χ1v) is 23.9. The first kappa shape index (κ1) is 46.3. The van der Waals surface area contributed by atoms with Gasteiger partial charge in [-0.05, 0) is 117 Å². The summed E-state index contributed by atoms with van der Waals surface area (Å²) in [6, 6.07) is 42.2. The topological polar surface area (TPSA) is 64.6 Å². The molecule has 0 bridgehead atoms. The second kappa shape index (κ2) is 20.8. The zero-order chi connectivity index (χ0) is 44.4. The molecule has 0 fully saturated rings. The van der Waals surface area contributed by atoms with Gasteiger partial charge in [0.1, 0.15) is 45.8 Å². The number of benzene rings is 6. The van der Waals surface area contributed by atoms with E-state index in [0.29, 0.717) is 34.5 Å². The van der Waals surface area contributed by atoms with Crippen LogP contribution in [0.15, 0.2) is 127 Å². The summed E-state index contributed by atoms with van der Waals surface area (Å²) in [6.45, 7) is 23.2. The van der Waals surface area contributed by atoms with E-state index in [-0.39, 0.29) is 0 Å². The number of hydrogen-bond acceptors (Lipinski definition) is 7. The van der Waals surface area contributed by atoms with Gasteiger partial charge in [-0.15, -0.1) is 0 Å². The number of aryl methyl sites for hydroxylation is 4. The molecule has 0 aliphatic carbocycles. The average molecular weight is 873 g/mol. The molecule has 0 amide bonds. The molecular formula is C53H62O7P2. The molecule has 0 unspecified atom stereocenters. The van der Waals surface area contributed by atoms with Gasteiger partial charge in [0.2, 0.25) is 0 Å². The minimum Gasteiger partial charge on any atom is -0.488 e. The van der Waals surface area contributed by atoms with E-state index in [9.17, 15) is 0 Å². The van der Waals surface area contributed by atoms with Crippen LogP contribution in [0.5, 0.6) is 40.2 Å². The van der Waals surface area contributed by atoms with Gasteiger partial charge in [-0.1, -0.05) is 139 Å². The van der Waals surface area contributed by atoms with Crippen molar-refractivity contribution in [2.45, 2.75) is 113 Å². The number of rotatable bonds is 18. The van der Waals surface area contributed by atoms with Gasteiger partial charge in [0.25, 0.3) is 0 Å². The molecule has 6 aromatic rings. The highest BCUT2D eigenvalue weighted by Gasteiger charge is 2.34. The highest BCUT2D eigenvalue weighted by Crippen LogP contribution is 2.55. The molecule has 0 saturated carbocycles. The van der Waals surface area contributed by atoms with E-state index in [0.717, 1.165) is 75.9 Å². The number of ether oxygens (including phenoxy) is 1. The Kier molecular flexibility index (Phi) is 15.5. The standard InChI is InChI=1S/C53H62O7P2/c1-12-38-26-16-21-31-44(38)55-61(56-45-32-22-17-27-39(45)13-2)59-48-35-25-20-30-42(48)50-37(5)49(54-53(9,10)11)36-43(52(6,7)8)51(50)60-62(57-46-33-23-18-28-40(46)14-3)58-47-34-24-19-29-41(47)15-4/h16-36H,12-15H2,1-11H3. The molecule has 0 spiro atoms. The quantitative estimate of drug-likeness (QED) is 0.0797. The van der Waals surface area contributed by atoms with Gasteiger partial charge in [0.15, 0.2) is 0 Å². The van der Waals surface area contributed by atoms with Crippen LogP contribution in [-0.4, -0.2) is 5.60 Å². The van der Waals surface area contributed by atoms with Gasteiger partial charge in [-0.25, -0.2) is 0 Å². The summed E-state index contributed by atoms with van der Waals surface area (Å²) in [5.74, 6) is 4.75. The van der Waals surface area contributed by atoms with E-state index < -0.39 is 28.2 Å². The van der Waals surface area contributed by atoms with Crippen LogP contribution >= 0.6 is 17.2 Å². The van der Waals surface area contributed by atoms with Crippen LogP contribution < -0.4 is 31.9 Å². The van der Waals surface area contributed by atoms with E-state index in [2.05, 4.69) is 106 Å². The van der Waals surface area contributed by atoms with Crippen molar-refractivity contribution in [1.82, 2.24) is 0 Å². The first-order valence-electron chi connectivity index (χ1n) is 21.7. The molecule has 6 aromatic carbocycles. The van der Waals surface area contributed by atoms with E-state index >= 15 is 0 Å². The third-order valence-electron chi connectivity index (χ3n) is 10.3. The van der Waals surface area contributed by atoms with Crippen molar-refractivity contribution in [3.63, 3.8) is 0 Å². The van der Waals surface area contributed by atoms with E-state index in [1.807, 2.05) is 97.1 Å². The van der Waals surface area contributed by atoms with Gasteiger partial charge in [-0.2, -0.15) is 0 Å². The largest absolute Gasteiger partial charge is 0.530 e. The van der Waals surface area contributed by atoms with Gasteiger partial charge in [-0.3, -0.25) is 0 Å². The smallest absolute Gasteiger partial charge is 0.488 e. The Morgan fingerprint density at radius 2 is 0.758 bits per heavy atom. The molecule has 0 radical (unpaired) electrons. The maximum Gasteiger partial charge on any atom is 0.530 e. The molecule has 9 heteroatoms. The van der Waals surface area contributed by atoms with Crippen LogP contribution in [0.1, 0.15) is 103 Å². The Balaban J connectivity index is 1.56. The predicted molar refractivity (Wildman–Crippen MR) is 257 cm³/mol. The summed E-state index contributed by atoms with van der Waals surface area (Å²) < 4.78 is 48.2. The normalized spacial score (nSPS) is 11.7. The average Bonchev–Trinajstić information content (AvgIpc) is 3.25. The van der Waals surface area contributed by atoms with Crippen molar-refractivity contribution in [3.8, 4) is 51.4 Å². The zero-order valence-corrected chi connectivity index (χ0v) is 40.0. The summed E-state index contributed by atoms with van der Waals surface area (Å²) >= 11 is 0. The van der Waals surface area contributed by atoms with Crippen LogP contribution in [0.25, 0.3) is 11.1 Å². The highest BCUT2D eigenvalue weighted by molar-refractivity contribution is 7.43. The summed E-state index contributed by atoms with van der Waals surface area (Å²) in [7, 11) is -4.12. The third kappa shape index (κ3) is 11.6. The van der Waals surface area contributed by atoms with Crippen LogP contribution in [0.2, 0.25) is 0 Å². The number of hydrogen-bond donors (Lipinski definition) is 0. The summed E-state index contributed by atoms with van der Waals surface area (Å²) in [5, 5.41) is 0. The summed E-state index contributed by atoms with van der Waals surface area (Å²) in [4.78, 5) is 0. The van der Waals surface area contributed by atoms with Crippen molar-refractivity contribution in [3.05, 3.63) is 161 Å². The molecule has 0 aliphatic heterocycles. The Morgan fingerprint density at radius 1 is 0.419 bits per heavy atom. The fourth-order valence-electron chi connectivity index (χ4n) is 7.03. The summed E-state index contributed by atoms with van der Waals surface area (Å²) in [6.07, 6.45) is 3.14. The molecule has 0 saturated heterocycles. The molecule has 0 heterocycles. The highest BCUT2D eigenvalue weighted by atomic mass is 31.2. The first-order chi connectivity index (χ1) is 29.7. The fourth-order valence-corrected chi connectivity index (χ4v) is 9.26. The molecule has 62 heavy (non-hydrogen) atoms. The van der Waals surface area contributed by atoms with Gasteiger partial charge in [0.05, 0.1) is 0 Å². The molecule has 326 valence electrons. The molecule has 0 atom stereocenters. The minimum absolute atomic E-state index is 0.417. The monoisotopic (exact) mass is 872 g/mol. The lowest BCUT2D eigenvalue weighted by Crippen LogP contribution is -2.24. The lowest BCUT2D eigenvalue weighted by Gasteiger charge is -2.31. The maximum absolute atomic E-state index is 7.29. The van der Waals surface area contributed by atoms with Crippen LogP contribution in [0, 0.1) is 6.92 Å². The van der Waals surface area contributed by atoms with Crippen LogP contribution in [0.3, 0.4) is 0 Å². The Hall–Kier alpha value is -5.22.